The largest absolute Gasteiger partial charge is 0.394 e. The standard InChI is InChI=1S/C33H63NO9/c1-2-3-4-5-6-7-8-9-10-11-12-16-19-26(36)29(38)25(34-28(37)21-20-24-17-14-13-15-18-24)23-42-33-32(41)31(40)30(39)27(22-35)43-33/h24-27,29-33,35-36,38-41H,2-23H2,1H3,(H,34,37)/t25?,26?,27-,29?,30+,31+,32-,33+/m1/s1. The zero-order valence-corrected chi connectivity index (χ0v) is 26.7. The van der Waals surface area contributed by atoms with Crippen molar-refractivity contribution in [2.24, 2.45) is 5.92 Å². The molecule has 2 fully saturated rings. The molecule has 0 aromatic carbocycles. The Kier molecular flexibility index (Phi) is 20.2. The lowest BCUT2D eigenvalue weighted by Gasteiger charge is -2.40. The van der Waals surface area contributed by atoms with Gasteiger partial charge in [-0.2, -0.15) is 0 Å². The quantitative estimate of drug-likeness (QED) is 0.0849. The summed E-state index contributed by atoms with van der Waals surface area (Å²) < 4.78 is 11.1. The maximum atomic E-state index is 12.9. The first-order chi connectivity index (χ1) is 20.8. The van der Waals surface area contributed by atoms with Crippen molar-refractivity contribution >= 4 is 5.91 Å². The number of amides is 1. The maximum absolute atomic E-state index is 12.9. The number of carbonyl (C=O) groups is 1. The van der Waals surface area contributed by atoms with Crippen LogP contribution < -0.4 is 5.32 Å². The van der Waals surface area contributed by atoms with Crippen LogP contribution in [0.3, 0.4) is 0 Å². The molecule has 1 aliphatic heterocycles. The number of nitrogens with one attached hydrogen (secondary N) is 1. The summed E-state index contributed by atoms with van der Waals surface area (Å²) in [5.41, 5.74) is 0. The average Bonchev–Trinajstić information content (AvgIpc) is 3.02. The Morgan fingerprint density at radius 2 is 1.42 bits per heavy atom. The fourth-order valence-electron chi connectivity index (χ4n) is 6.35. The molecule has 7 N–H and O–H groups in total. The third-order valence-corrected chi connectivity index (χ3v) is 9.30. The number of unbranched alkanes of at least 4 members (excludes halogenated alkanes) is 11. The number of aliphatic hydroxyl groups is 6. The van der Waals surface area contributed by atoms with Crippen LogP contribution in [0.25, 0.3) is 0 Å². The maximum Gasteiger partial charge on any atom is 0.220 e. The number of ether oxygens (including phenoxy) is 2. The smallest absolute Gasteiger partial charge is 0.220 e. The van der Waals surface area contributed by atoms with E-state index in [4.69, 9.17) is 9.47 Å². The Balaban J connectivity index is 1.80. The first kappa shape index (κ1) is 38.3. The molecule has 254 valence electrons. The Labute approximate surface area is 259 Å². The number of hydrogen-bond acceptors (Lipinski definition) is 9. The van der Waals surface area contributed by atoms with Crippen LogP contribution in [-0.4, -0.2) is 98.7 Å². The molecule has 2 rings (SSSR count). The van der Waals surface area contributed by atoms with Crippen LogP contribution in [0, 0.1) is 5.92 Å². The predicted octanol–water partition coefficient (Wildman–Crippen LogP) is 3.46. The van der Waals surface area contributed by atoms with Crippen molar-refractivity contribution in [2.75, 3.05) is 13.2 Å². The van der Waals surface area contributed by atoms with E-state index in [1.54, 1.807) is 0 Å². The molecule has 0 radical (unpaired) electrons. The van der Waals surface area contributed by atoms with Crippen LogP contribution in [0.1, 0.15) is 135 Å². The molecule has 10 nitrogen and oxygen atoms in total. The van der Waals surface area contributed by atoms with E-state index in [0.717, 1.165) is 38.5 Å². The number of carbonyl (C=O) groups excluding carboxylic acids is 1. The van der Waals surface area contributed by atoms with E-state index in [-0.39, 0.29) is 12.5 Å². The highest BCUT2D eigenvalue weighted by Crippen LogP contribution is 2.27. The summed E-state index contributed by atoms with van der Waals surface area (Å²) in [6, 6.07) is -0.974. The summed E-state index contributed by atoms with van der Waals surface area (Å²) in [4.78, 5) is 12.9. The molecule has 3 unspecified atom stereocenters. The van der Waals surface area contributed by atoms with E-state index in [9.17, 15) is 35.4 Å². The highest BCUT2D eigenvalue weighted by molar-refractivity contribution is 5.76. The Bertz CT molecular complexity index is 706. The lowest BCUT2D eigenvalue weighted by Crippen LogP contribution is -2.60. The molecule has 1 aliphatic carbocycles. The summed E-state index contributed by atoms with van der Waals surface area (Å²) in [7, 11) is 0. The average molecular weight is 618 g/mol. The number of hydrogen-bond donors (Lipinski definition) is 7. The van der Waals surface area contributed by atoms with Gasteiger partial charge in [-0.15, -0.1) is 0 Å². The summed E-state index contributed by atoms with van der Waals surface area (Å²) in [5, 5.41) is 64.5. The van der Waals surface area contributed by atoms with Gasteiger partial charge in [-0.1, -0.05) is 116 Å². The van der Waals surface area contributed by atoms with Crippen LogP contribution in [0.2, 0.25) is 0 Å². The van der Waals surface area contributed by atoms with Crippen molar-refractivity contribution < 1.29 is 44.9 Å². The highest BCUT2D eigenvalue weighted by Gasteiger charge is 2.44. The molecule has 43 heavy (non-hydrogen) atoms. The lowest BCUT2D eigenvalue weighted by atomic mass is 9.86. The van der Waals surface area contributed by atoms with Crippen molar-refractivity contribution in [1.82, 2.24) is 5.32 Å². The van der Waals surface area contributed by atoms with Crippen molar-refractivity contribution in [1.29, 1.82) is 0 Å². The van der Waals surface area contributed by atoms with Crippen LogP contribution in [0.4, 0.5) is 0 Å². The van der Waals surface area contributed by atoms with Crippen LogP contribution in [-0.2, 0) is 14.3 Å². The van der Waals surface area contributed by atoms with Gasteiger partial charge in [-0.25, -0.2) is 0 Å². The molecule has 8 atom stereocenters. The molecule has 10 heteroatoms. The predicted molar refractivity (Wildman–Crippen MR) is 165 cm³/mol. The van der Waals surface area contributed by atoms with Gasteiger partial charge in [0.1, 0.15) is 30.5 Å². The van der Waals surface area contributed by atoms with Crippen LogP contribution in [0.5, 0.6) is 0 Å². The summed E-state index contributed by atoms with van der Waals surface area (Å²) in [5.74, 6) is 0.272. The van der Waals surface area contributed by atoms with Gasteiger partial charge in [0.05, 0.1) is 25.4 Å². The van der Waals surface area contributed by atoms with Crippen molar-refractivity contribution in [3.05, 3.63) is 0 Å². The molecule has 1 saturated carbocycles. The second kappa shape index (κ2) is 22.6. The van der Waals surface area contributed by atoms with Gasteiger partial charge in [-0.05, 0) is 18.8 Å². The lowest BCUT2D eigenvalue weighted by molar-refractivity contribution is -0.303. The van der Waals surface area contributed by atoms with Crippen molar-refractivity contribution in [3.8, 4) is 0 Å². The second-order valence-corrected chi connectivity index (χ2v) is 13.0. The molecule has 0 aromatic rings. The zero-order valence-electron chi connectivity index (χ0n) is 26.7. The molecule has 1 amide bonds. The third kappa shape index (κ3) is 14.9. The van der Waals surface area contributed by atoms with Crippen LogP contribution in [0.15, 0.2) is 0 Å². The van der Waals surface area contributed by atoms with Gasteiger partial charge < -0.3 is 45.4 Å². The summed E-state index contributed by atoms with van der Waals surface area (Å²) in [6.45, 7) is 1.35. The zero-order chi connectivity index (χ0) is 31.5. The molecule has 0 spiro atoms. The van der Waals surface area contributed by atoms with E-state index < -0.39 is 55.6 Å². The third-order valence-electron chi connectivity index (χ3n) is 9.30. The summed E-state index contributed by atoms with van der Waals surface area (Å²) in [6.07, 6.45) is 12.1. The molecule has 2 aliphatic rings. The topological polar surface area (TPSA) is 169 Å². The SMILES string of the molecule is CCCCCCCCCCCCCCC(O)C(O)C(CO[C@H]1O[C@H](CO)[C@H](O)[C@H](O)[C@H]1O)NC(=O)CCC1CCCCC1. The van der Waals surface area contributed by atoms with Crippen molar-refractivity contribution in [2.45, 2.75) is 184 Å². The fourth-order valence-corrected chi connectivity index (χ4v) is 6.35. The Morgan fingerprint density at radius 1 is 0.837 bits per heavy atom. The molecule has 1 saturated heterocycles. The normalized spacial score (nSPS) is 27.1. The van der Waals surface area contributed by atoms with Gasteiger partial charge in [0.2, 0.25) is 5.91 Å². The minimum atomic E-state index is -1.60. The van der Waals surface area contributed by atoms with Gasteiger partial charge >= 0.3 is 0 Å². The van der Waals surface area contributed by atoms with Crippen molar-refractivity contribution in [3.63, 3.8) is 0 Å². The molecule has 0 bridgehead atoms. The van der Waals surface area contributed by atoms with E-state index in [1.807, 2.05) is 0 Å². The molecule has 0 aromatic heterocycles. The van der Waals surface area contributed by atoms with E-state index >= 15 is 0 Å². The minimum Gasteiger partial charge on any atom is -0.394 e. The van der Waals surface area contributed by atoms with Crippen LogP contribution >= 0.6 is 0 Å². The van der Waals surface area contributed by atoms with Gasteiger partial charge in [0.15, 0.2) is 6.29 Å². The van der Waals surface area contributed by atoms with E-state index in [0.29, 0.717) is 18.8 Å². The highest BCUT2D eigenvalue weighted by atomic mass is 16.7. The number of rotatable bonds is 23. The van der Waals surface area contributed by atoms with Gasteiger partial charge in [-0.3, -0.25) is 4.79 Å². The minimum absolute atomic E-state index is 0.246. The van der Waals surface area contributed by atoms with E-state index in [2.05, 4.69) is 12.2 Å². The number of aliphatic hydroxyl groups excluding tert-OH is 6. The molecular weight excluding hydrogens is 554 g/mol. The molecular formula is C33H63NO9. The Hall–Kier alpha value is -0.850. The van der Waals surface area contributed by atoms with Gasteiger partial charge in [0.25, 0.3) is 0 Å². The van der Waals surface area contributed by atoms with E-state index in [1.165, 1.54) is 77.0 Å². The Morgan fingerprint density at radius 3 is 2.00 bits per heavy atom. The molecule has 1 heterocycles. The first-order valence-electron chi connectivity index (χ1n) is 17.4. The first-order valence-corrected chi connectivity index (χ1v) is 17.4. The van der Waals surface area contributed by atoms with Gasteiger partial charge in [0, 0.05) is 6.42 Å². The second-order valence-electron chi connectivity index (χ2n) is 13.0. The monoisotopic (exact) mass is 617 g/mol. The fraction of sp³-hybridized carbons (Fsp3) is 0.970. The summed E-state index contributed by atoms with van der Waals surface area (Å²) >= 11 is 0.